The molecule has 2 aromatic carbocycles. The molecule has 0 unspecified atom stereocenters. The Labute approximate surface area is 173 Å². The summed E-state index contributed by atoms with van der Waals surface area (Å²) in [7, 11) is 1.55. The van der Waals surface area contributed by atoms with Crippen molar-refractivity contribution in [2.24, 2.45) is 5.16 Å². The Morgan fingerprint density at radius 1 is 0.966 bits per heavy atom. The predicted octanol–water partition coefficient (Wildman–Crippen LogP) is 5.28. The molecule has 5 nitrogen and oxygen atoms in total. The number of nitrogens with zero attached hydrogens (tertiary/aromatic N) is 1. The first kappa shape index (κ1) is 22.3. The number of allylic oxidation sites excluding steroid dienone is 1. The molecule has 0 aliphatic carbocycles. The molecule has 0 bridgehead atoms. The van der Waals surface area contributed by atoms with Crippen molar-refractivity contribution < 1.29 is 19.0 Å². The molecule has 156 valence electrons. The molecule has 0 saturated carbocycles. The molecule has 0 aromatic heterocycles. The lowest BCUT2D eigenvalue weighted by molar-refractivity contribution is 0.212. The van der Waals surface area contributed by atoms with Gasteiger partial charge >= 0.3 is 0 Å². The van der Waals surface area contributed by atoms with Crippen LogP contribution in [0.15, 0.2) is 53.7 Å². The molecule has 0 aliphatic rings. The molecular weight excluding hydrogens is 366 g/mol. The van der Waals surface area contributed by atoms with E-state index in [9.17, 15) is 0 Å². The van der Waals surface area contributed by atoms with Crippen LogP contribution in [0, 0.1) is 13.8 Å². The largest absolute Gasteiger partial charge is 0.490 e. The van der Waals surface area contributed by atoms with Gasteiger partial charge in [0, 0.05) is 6.42 Å². The zero-order valence-corrected chi connectivity index (χ0v) is 18.0. The maximum atomic E-state index is 5.97. The van der Waals surface area contributed by atoms with E-state index in [1.807, 2.05) is 76.2 Å². The van der Waals surface area contributed by atoms with Gasteiger partial charge in [0.05, 0.1) is 5.71 Å². The second-order valence-corrected chi connectivity index (χ2v) is 6.80. The fraction of sp³-hybridized carbons (Fsp3) is 0.375. The average molecular weight is 398 g/mol. The van der Waals surface area contributed by atoms with Crippen LogP contribution in [0.5, 0.6) is 17.2 Å². The lowest BCUT2D eigenvalue weighted by Crippen LogP contribution is -2.10. The molecule has 0 radical (unpaired) electrons. The van der Waals surface area contributed by atoms with E-state index in [2.05, 4.69) is 5.16 Å². The molecule has 5 heteroatoms. The van der Waals surface area contributed by atoms with E-state index in [-0.39, 0.29) is 0 Å². The summed E-state index contributed by atoms with van der Waals surface area (Å²) in [6.07, 6.45) is 4.68. The van der Waals surface area contributed by atoms with Gasteiger partial charge in [0.1, 0.15) is 44.2 Å². The average Bonchev–Trinajstić information content (AvgIpc) is 2.67. The quantitative estimate of drug-likeness (QED) is 0.224. The van der Waals surface area contributed by atoms with Gasteiger partial charge in [0.2, 0.25) is 0 Å². The highest BCUT2D eigenvalue weighted by Crippen LogP contribution is 2.28. The zero-order chi connectivity index (χ0) is 21.1. The highest BCUT2D eigenvalue weighted by molar-refractivity contribution is 5.83. The summed E-state index contributed by atoms with van der Waals surface area (Å²) in [5.41, 5.74) is 4.14. The molecule has 2 rings (SSSR count). The van der Waals surface area contributed by atoms with Crippen molar-refractivity contribution >= 4 is 5.71 Å². The van der Waals surface area contributed by atoms with Gasteiger partial charge in [-0.2, -0.15) is 0 Å². The SMILES string of the molecule is C/C=C/COc1cc(C)c(OCCOc2cccc(CC(C)=NOC)c2)c(C)c1. The van der Waals surface area contributed by atoms with Crippen molar-refractivity contribution in [3.8, 4) is 17.2 Å². The van der Waals surface area contributed by atoms with Crippen molar-refractivity contribution in [3.63, 3.8) is 0 Å². The van der Waals surface area contributed by atoms with Gasteiger partial charge in [-0.3, -0.25) is 0 Å². The fourth-order valence-electron chi connectivity index (χ4n) is 2.99. The molecule has 0 amide bonds. The van der Waals surface area contributed by atoms with E-state index in [4.69, 9.17) is 19.0 Å². The Morgan fingerprint density at radius 3 is 2.38 bits per heavy atom. The van der Waals surface area contributed by atoms with E-state index in [0.29, 0.717) is 19.8 Å². The van der Waals surface area contributed by atoms with Crippen molar-refractivity contribution in [2.75, 3.05) is 26.9 Å². The molecule has 0 aliphatic heterocycles. The second kappa shape index (κ2) is 11.8. The summed E-state index contributed by atoms with van der Waals surface area (Å²) in [5.74, 6) is 2.55. The van der Waals surface area contributed by atoms with Gasteiger partial charge in [0.15, 0.2) is 0 Å². The summed E-state index contributed by atoms with van der Waals surface area (Å²) < 4.78 is 17.5. The standard InChI is InChI=1S/C24H31NO4/c1-6-7-11-27-23-14-18(2)24(19(3)15-23)29-13-12-28-22-10-8-9-21(17-22)16-20(4)25-26-5/h6-10,14-15,17H,11-13,16H2,1-5H3/b7-6+,25-20?. The first-order valence-electron chi connectivity index (χ1n) is 9.79. The van der Waals surface area contributed by atoms with Gasteiger partial charge in [-0.25, -0.2) is 0 Å². The summed E-state index contributed by atoms with van der Waals surface area (Å²) in [6, 6.07) is 12.0. The second-order valence-electron chi connectivity index (χ2n) is 6.80. The fourth-order valence-corrected chi connectivity index (χ4v) is 2.99. The molecule has 0 fully saturated rings. The topological polar surface area (TPSA) is 49.3 Å². The normalized spacial score (nSPS) is 11.6. The maximum absolute atomic E-state index is 5.97. The molecule has 0 saturated heterocycles. The lowest BCUT2D eigenvalue weighted by Gasteiger charge is -2.15. The van der Waals surface area contributed by atoms with Crippen molar-refractivity contribution in [1.82, 2.24) is 0 Å². The monoisotopic (exact) mass is 397 g/mol. The van der Waals surface area contributed by atoms with E-state index in [1.54, 1.807) is 7.11 Å². The Bertz CT molecular complexity index is 820. The van der Waals surface area contributed by atoms with Crippen LogP contribution in [0.2, 0.25) is 0 Å². The van der Waals surface area contributed by atoms with Gasteiger partial charge in [-0.15, -0.1) is 0 Å². The number of aryl methyl sites for hydroxylation is 2. The minimum atomic E-state index is 0.465. The third-order valence-corrected chi connectivity index (χ3v) is 4.22. The van der Waals surface area contributed by atoms with E-state index in [0.717, 1.165) is 46.1 Å². The smallest absolute Gasteiger partial charge is 0.125 e. The summed E-state index contributed by atoms with van der Waals surface area (Å²) in [4.78, 5) is 4.81. The van der Waals surface area contributed by atoms with Crippen LogP contribution >= 0.6 is 0 Å². The van der Waals surface area contributed by atoms with Crippen LogP contribution in [0.4, 0.5) is 0 Å². The predicted molar refractivity (Wildman–Crippen MR) is 117 cm³/mol. The molecular formula is C24H31NO4. The first-order valence-corrected chi connectivity index (χ1v) is 9.79. The summed E-state index contributed by atoms with van der Waals surface area (Å²) >= 11 is 0. The molecule has 0 atom stereocenters. The number of oxime groups is 1. The summed E-state index contributed by atoms with van der Waals surface area (Å²) in [5, 5.41) is 3.95. The molecule has 2 aromatic rings. The maximum Gasteiger partial charge on any atom is 0.125 e. The van der Waals surface area contributed by atoms with Crippen LogP contribution < -0.4 is 14.2 Å². The first-order chi connectivity index (χ1) is 14.0. The van der Waals surface area contributed by atoms with Crippen molar-refractivity contribution in [1.29, 1.82) is 0 Å². The van der Waals surface area contributed by atoms with E-state index in [1.165, 1.54) is 0 Å². The van der Waals surface area contributed by atoms with Crippen LogP contribution in [0.25, 0.3) is 0 Å². The molecule has 29 heavy (non-hydrogen) atoms. The Morgan fingerprint density at radius 2 is 1.69 bits per heavy atom. The van der Waals surface area contributed by atoms with Crippen LogP contribution in [-0.4, -0.2) is 32.6 Å². The minimum absolute atomic E-state index is 0.465. The number of hydrogen-bond acceptors (Lipinski definition) is 5. The molecule has 0 N–H and O–H groups in total. The highest BCUT2D eigenvalue weighted by atomic mass is 16.6. The van der Waals surface area contributed by atoms with Gasteiger partial charge in [-0.05, 0) is 68.7 Å². The van der Waals surface area contributed by atoms with Crippen molar-refractivity contribution in [2.45, 2.75) is 34.1 Å². The number of benzene rings is 2. The van der Waals surface area contributed by atoms with Crippen molar-refractivity contribution in [3.05, 3.63) is 65.2 Å². The third kappa shape index (κ3) is 7.53. The van der Waals surface area contributed by atoms with Gasteiger partial charge < -0.3 is 19.0 Å². The number of hydrogen-bond donors (Lipinski definition) is 0. The Balaban J connectivity index is 1.87. The number of ether oxygens (including phenoxy) is 3. The van der Waals surface area contributed by atoms with Gasteiger partial charge in [0.25, 0.3) is 0 Å². The lowest BCUT2D eigenvalue weighted by atomic mass is 10.1. The van der Waals surface area contributed by atoms with E-state index >= 15 is 0 Å². The van der Waals surface area contributed by atoms with Crippen LogP contribution in [0.1, 0.15) is 30.5 Å². The zero-order valence-electron chi connectivity index (χ0n) is 18.0. The van der Waals surface area contributed by atoms with Gasteiger partial charge in [-0.1, -0.05) is 29.4 Å². The highest BCUT2D eigenvalue weighted by Gasteiger charge is 2.08. The Kier molecular flexibility index (Phi) is 9.09. The minimum Gasteiger partial charge on any atom is -0.490 e. The van der Waals surface area contributed by atoms with Crippen LogP contribution in [-0.2, 0) is 11.3 Å². The van der Waals surface area contributed by atoms with E-state index < -0.39 is 0 Å². The summed E-state index contributed by atoms with van der Waals surface area (Å²) in [6.45, 7) is 9.47. The van der Waals surface area contributed by atoms with Crippen LogP contribution in [0.3, 0.4) is 0 Å². The molecule has 0 spiro atoms. The number of rotatable bonds is 11. The third-order valence-electron chi connectivity index (χ3n) is 4.22. The Hall–Kier alpha value is -2.95. The molecule has 0 heterocycles.